The molecule has 0 spiro atoms. The molecule has 1 saturated heterocycles. The van der Waals surface area contributed by atoms with Crippen molar-refractivity contribution >= 4 is 17.6 Å². The standard InChI is InChI=1S/C28H35FN8O3/c1-36-26(33-34-35-36)19-6-4-7-22(14-19)31-28(40)32-24-8-3-2-5-20(24)15-37-16-23(30-27(39)25(37)17-38)13-18-9-11-21(29)12-10-18/h4,6-7,9-12,14,20,23-25,38H,2-3,5,8,13,15-17H2,1H3,(H,30,39)(H2,31,32,40)/t20-,23-,24+,25+/m0/s1. The summed E-state index contributed by atoms with van der Waals surface area (Å²) in [4.78, 5) is 27.9. The zero-order valence-corrected chi connectivity index (χ0v) is 22.5. The van der Waals surface area contributed by atoms with Crippen LogP contribution in [0.2, 0.25) is 0 Å². The molecule has 4 atom stereocenters. The molecule has 2 heterocycles. The molecule has 2 aliphatic rings. The van der Waals surface area contributed by atoms with Crippen LogP contribution in [0.15, 0.2) is 48.5 Å². The van der Waals surface area contributed by atoms with E-state index < -0.39 is 6.04 Å². The Morgan fingerprint density at radius 3 is 2.73 bits per heavy atom. The van der Waals surface area contributed by atoms with Gasteiger partial charge >= 0.3 is 6.03 Å². The van der Waals surface area contributed by atoms with Crippen molar-refractivity contribution in [3.05, 3.63) is 59.9 Å². The van der Waals surface area contributed by atoms with E-state index in [1.807, 2.05) is 29.2 Å². The summed E-state index contributed by atoms with van der Waals surface area (Å²) < 4.78 is 14.9. The second kappa shape index (κ2) is 12.5. The first-order chi connectivity index (χ1) is 19.4. The van der Waals surface area contributed by atoms with Crippen LogP contribution in [0.3, 0.4) is 0 Å². The molecule has 11 nitrogen and oxygen atoms in total. The van der Waals surface area contributed by atoms with Gasteiger partial charge < -0.3 is 21.1 Å². The molecule has 1 aliphatic heterocycles. The van der Waals surface area contributed by atoms with Crippen LogP contribution in [0.25, 0.3) is 11.4 Å². The number of halogens is 1. The maximum atomic E-state index is 13.3. The molecule has 212 valence electrons. The van der Waals surface area contributed by atoms with Crippen LogP contribution in [0.4, 0.5) is 14.9 Å². The number of hydrogen-bond donors (Lipinski definition) is 4. The first-order valence-corrected chi connectivity index (χ1v) is 13.7. The summed E-state index contributed by atoms with van der Waals surface area (Å²) in [5, 5.41) is 30.7. The summed E-state index contributed by atoms with van der Waals surface area (Å²) in [6.07, 6.45) is 4.37. The minimum atomic E-state index is -0.640. The maximum Gasteiger partial charge on any atom is 0.319 e. The van der Waals surface area contributed by atoms with Crippen molar-refractivity contribution in [3.8, 4) is 11.4 Å². The van der Waals surface area contributed by atoms with Gasteiger partial charge in [-0.15, -0.1) is 5.10 Å². The van der Waals surface area contributed by atoms with Crippen LogP contribution in [0, 0.1) is 11.7 Å². The van der Waals surface area contributed by atoms with Gasteiger partial charge in [-0.25, -0.2) is 13.9 Å². The van der Waals surface area contributed by atoms with Gasteiger partial charge in [0.15, 0.2) is 5.82 Å². The second-order valence-electron chi connectivity index (χ2n) is 10.6. The fourth-order valence-electron chi connectivity index (χ4n) is 5.80. The average Bonchev–Trinajstić information content (AvgIpc) is 3.37. The van der Waals surface area contributed by atoms with Crippen LogP contribution in [0.5, 0.6) is 0 Å². The lowest BCUT2D eigenvalue weighted by Gasteiger charge is -2.42. The largest absolute Gasteiger partial charge is 0.394 e. The third-order valence-electron chi connectivity index (χ3n) is 7.81. The number of aliphatic hydroxyl groups excluding tert-OH is 1. The first-order valence-electron chi connectivity index (χ1n) is 13.7. The molecule has 40 heavy (non-hydrogen) atoms. The summed E-state index contributed by atoms with van der Waals surface area (Å²) in [6, 6.07) is 12.5. The predicted molar refractivity (Wildman–Crippen MR) is 147 cm³/mol. The van der Waals surface area contributed by atoms with Crippen LogP contribution < -0.4 is 16.0 Å². The van der Waals surface area contributed by atoms with Crippen LogP contribution >= 0.6 is 0 Å². The molecule has 2 fully saturated rings. The van der Waals surface area contributed by atoms with E-state index in [4.69, 9.17) is 0 Å². The number of tetrazole rings is 1. The second-order valence-corrected chi connectivity index (χ2v) is 10.6. The predicted octanol–water partition coefficient (Wildman–Crippen LogP) is 2.10. The summed E-state index contributed by atoms with van der Waals surface area (Å²) >= 11 is 0. The number of nitrogens with zero attached hydrogens (tertiary/aromatic N) is 5. The minimum Gasteiger partial charge on any atom is -0.394 e. The van der Waals surface area contributed by atoms with Crippen molar-refractivity contribution < 1.29 is 19.1 Å². The smallest absolute Gasteiger partial charge is 0.319 e. The Bertz CT molecular complexity index is 1320. The lowest BCUT2D eigenvalue weighted by molar-refractivity contribution is -0.133. The molecular formula is C28H35FN8O3. The highest BCUT2D eigenvalue weighted by molar-refractivity contribution is 5.90. The van der Waals surface area contributed by atoms with E-state index in [-0.39, 0.29) is 42.4 Å². The molecule has 3 amide bonds. The molecule has 0 bridgehead atoms. The number of aromatic nitrogens is 4. The Morgan fingerprint density at radius 2 is 1.98 bits per heavy atom. The van der Waals surface area contributed by atoms with Gasteiger partial charge in [-0.3, -0.25) is 9.69 Å². The number of aliphatic hydroxyl groups is 1. The minimum absolute atomic E-state index is 0.0697. The van der Waals surface area contributed by atoms with Gasteiger partial charge in [0.1, 0.15) is 11.9 Å². The number of nitrogens with one attached hydrogen (secondary N) is 3. The monoisotopic (exact) mass is 550 g/mol. The van der Waals surface area contributed by atoms with Crippen LogP contribution in [-0.2, 0) is 18.3 Å². The number of aryl methyl sites for hydroxylation is 1. The number of benzene rings is 2. The molecule has 4 N–H and O–H groups in total. The van der Waals surface area contributed by atoms with Crippen LogP contribution in [0.1, 0.15) is 31.2 Å². The highest BCUT2D eigenvalue weighted by Gasteiger charge is 2.37. The van der Waals surface area contributed by atoms with Gasteiger partial charge in [-0.05, 0) is 65.4 Å². The molecule has 1 aromatic heterocycles. The lowest BCUT2D eigenvalue weighted by Crippen LogP contribution is -2.63. The zero-order chi connectivity index (χ0) is 28.1. The average molecular weight is 551 g/mol. The van der Waals surface area contributed by atoms with E-state index in [2.05, 4.69) is 31.5 Å². The first kappa shape index (κ1) is 27.7. The third-order valence-corrected chi connectivity index (χ3v) is 7.81. The van der Waals surface area contributed by atoms with Gasteiger partial charge in [0.2, 0.25) is 5.91 Å². The fourth-order valence-corrected chi connectivity index (χ4v) is 5.80. The van der Waals surface area contributed by atoms with Gasteiger partial charge in [0, 0.05) is 43.5 Å². The molecule has 0 radical (unpaired) electrons. The number of urea groups is 1. The Kier molecular flexibility index (Phi) is 8.66. The summed E-state index contributed by atoms with van der Waals surface area (Å²) in [5.74, 6) is 0.214. The van der Waals surface area contributed by atoms with Crippen molar-refractivity contribution in [2.24, 2.45) is 13.0 Å². The fraction of sp³-hybridized carbons (Fsp3) is 0.464. The number of piperazine rings is 1. The van der Waals surface area contributed by atoms with Crippen molar-refractivity contribution in [2.45, 2.75) is 50.2 Å². The molecule has 0 unspecified atom stereocenters. The SMILES string of the molecule is Cn1nnnc1-c1cccc(NC(=O)N[C@@H]2CCCC[C@H]2CN2C[C@H](Cc3ccc(F)cc3)NC(=O)[C@H]2CO)c1. The van der Waals surface area contributed by atoms with E-state index >= 15 is 0 Å². The van der Waals surface area contributed by atoms with Gasteiger partial charge in [-0.2, -0.15) is 0 Å². The number of hydrogen-bond acceptors (Lipinski definition) is 7. The van der Waals surface area contributed by atoms with Crippen molar-refractivity contribution in [1.29, 1.82) is 0 Å². The Balaban J connectivity index is 1.22. The highest BCUT2D eigenvalue weighted by atomic mass is 19.1. The van der Waals surface area contributed by atoms with E-state index in [1.165, 1.54) is 12.1 Å². The summed E-state index contributed by atoms with van der Waals surface area (Å²) in [6.45, 7) is 0.864. The Labute approximate surface area is 232 Å². The molecule has 1 saturated carbocycles. The van der Waals surface area contributed by atoms with E-state index in [0.717, 1.165) is 36.8 Å². The van der Waals surface area contributed by atoms with Gasteiger partial charge in [0.25, 0.3) is 0 Å². The van der Waals surface area contributed by atoms with Crippen molar-refractivity contribution in [3.63, 3.8) is 0 Å². The number of carbonyl (C=O) groups excluding carboxylic acids is 2. The molecule has 5 rings (SSSR count). The lowest BCUT2D eigenvalue weighted by atomic mass is 9.83. The Morgan fingerprint density at radius 1 is 1.18 bits per heavy atom. The molecule has 2 aromatic carbocycles. The van der Waals surface area contributed by atoms with E-state index in [1.54, 1.807) is 23.9 Å². The number of carbonyl (C=O) groups is 2. The number of amides is 3. The molecule has 3 aromatic rings. The van der Waals surface area contributed by atoms with Gasteiger partial charge in [-0.1, -0.05) is 37.1 Å². The number of rotatable bonds is 8. The number of anilines is 1. The van der Waals surface area contributed by atoms with Crippen molar-refractivity contribution in [2.75, 3.05) is 25.0 Å². The quantitative estimate of drug-likeness (QED) is 0.337. The topological polar surface area (TPSA) is 137 Å². The van der Waals surface area contributed by atoms with E-state index in [0.29, 0.717) is 31.0 Å². The summed E-state index contributed by atoms with van der Waals surface area (Å²) in [7, 11) is 1.75. The van der Waals surface area contributed by atoms with E-state index in [9.17, 15) is 19.1 Å². The van der Waals surface area contributed by atoms with Crippen molar-refractivity contribution in [1.82, 2.24) is 35.7 Å². The molecular weight excluding hydrogens is 515 g/mol. The molecule has 12 heteroatoms. The normalized spacial score (nSPS) is 23.4. The summed E-state index contributed by atoms with van der Waals surface area (Å²) in [5.41, 5.74) is 2.35. The Hall–Kier alpha value is -3.90. The van der Waals surface area contributed by atoms with Crippen LogP contribution in [-0.4, -0.2) is 80.0 Å². The van der Waals surface area contributed by atoms with Gasteiger partial charge in [0.05, 0.1) is 6.61 Å². The molecule has 1 aliphatic carbocycles. The zero-order valence-electron chi connectivity index (χ0n) is 22.5. The third kappa shape index (κ3) is 6.62. The highest BCUT2D eigenvalue weighted by Crippen LogP contribution is 2.27. The maximum absolute atomic E-state index is 13.3.